The van der Waals surface area contributed by atoms with Gasteiger partial charge in [-0.3, -0.25) is 9.69 Å². The molecule has 0 N–H and O–H groups in total. The zero-order chi connectivity index (χ0) is 15.6. The largest absolute Gasteiger partial charge is 0.465 e. The van der Waals surface area contributed by atoms with Crippen molar-refractivity contribution in [3.63, 3.8) is 0 Å². The fraction of sp³-hybridized carbons (Fsp3) is 0.526. The number of carbonyl (C=O) groups is 1. The van der Waals surface area contributed by atoms with Gasteiger partial charge in [0, 0.05) is 6.54 Å². The summed E-state index contributed by atoms with van der Waals surface area (Å²) in [5.74, 6) is -0.113. The molecule has 1 aromatic carbocycles. The van der Waals surface area contributed by atoms with E-state index < -0.39 is 0 Å². The molecule has 1 atom stereocenters. The Morgan fingerprint density at radius 2 is 2.18 bits per heavy atom. The van der Waals surface area contributed by atoms with Gasteiger partial charge in [-0.1, -0.05) is 36.4 Å². The SMILES string of the molecule is C=C1CCCC2(C1)c1ccccc1CCN2CC(=O)OCC. The maximum atomic E-state index is 12.0. The minimum absolute atomic E-state index is 0.0586. The lowest BCUT2D eigenvalue weighted by Crippen LogP contribution is -2.53. The minimum atomic E-state index is -0.113. The van der Waals surface area contributed by atoms with Crippen LogP contribution in [0.2, 0.25) is 0 Å². The second-order valence-electron chi connectivity index (χ2n) is 6.45. The van der Waals surface area contributed by atoms with Crippen LogP contribution in [0.3, 0.4) is 0 Å². The summed E-state index contributed by atoms with van der Waals surface area (Å²) >= 11 is 0. The highest BCUT2D eigenvalue weighted by atomic mass is 16.5. The second kappa shape index (κ2) is 6.25. The maximum absolute atomic E-state index is 12.0. The van der Waals surface area contributed by atoms with Crippen molar-refractivity contribution in [2.45, 2.75) is 44.6 Å². The Labute approximate surface area is 133 Å². The predicted octanol–water partition coefficient (Wildman–Crippen LogP) is 3.43. The molecule has 118 valence electrons. The average molecular weight is 299 g/mol. The van der Waals surface area contributed by atoms with Crippen molar-refractivity contribution in [3.05, 3.63) is 47.5 Å². The van der Waals surface area contributed by atoms with Gasteiger partial charge in [-0.2, -0.15) is 0 Å². The first-order valence-electron chi connectivity index (χ1n) is 8.31. The van der Waals surface area contributed by atoms with Crippen molar-refractivity contribution >= 4 is 5.97 Å². The van der Waals surface area contributed by atoms with Gasteiger partial charge < -0.3 is 4.74 Å². The van der Waals surface area contributed by atoms with E-state index in [-0.39, 0.29) is 11.5 Å². The molecule has 0 amide bonds. The van der Waals surface area contributed by atoms with E-state index in [2.05, 4.69) is 35.7 Å². The average Bonchev–Trinajstić information content (AvgIpc) is 2.51. The third-order valence-corrected chi connectivity index (χ3v) is 5.06. The molecule has 3 nitrogen and oxygen atoms in total. The number of carbonyl (C=O) groups excluding carboxylic acids is 1. The van der Waals surface area contributed by atoms with Crippen LogP contribution in [0, 0.1) is 0 Å². The summed E-state index contributed by atoms with van der Waals surface area (Å²) in [6.45, 7) is 7.86. The molecule has 1 spiro atoms. The van der Waals surface area contributed by atoms with Crippen molar-refractivity contribution < 1.29 is 9.53 Å². The summed E-state index contributed by atoms with van der Waals surface area (Å²) in [7, 11) is 0. The molecular formula is C19H25NO2. The lowest BCUT2D eigenvalue weighted by atomic mass is 9.70. The first kappa shape index (κ1) is 15.3. The van der Waals surface area contributed by atoms with Gasteiger partial charge >= 0.3 is 5.97 Å². The van der Waals surface area contributed by atoms with Gasteiger partial charge in [0.15, 0.2) is 0 Å². The molecule has 0 saturated heterocycles. The van der Waals surface area contributed by atoms with Crippen LogP contribution in [-0.4, -0.2) is 30.6 Å². The second-order valence-corrected chi connectivity index (χ2v) is 6.45. The molecular weight excluding hydrogens is 274 g/mol. The van der Waals surface area contributed by atoms with Crippen molar-refractivity contribution in [2.24, 2.45) is 0 Å². The molecule has 0 radical (unpaired) electrons. The van der Waals surface area contributed by atoms with E-state index in [1.165, 1.54) is 16.7 Å². The van der Waals surface area contributed by atoms with Crippen LogP contribution in [0.25, 0.3) is 0 Å². The molecule has 1 aromatic rings. The van der Waals surface area contributed by atoms with Gasteiger partial charge in [0.05, 0.1) is 18.7 Å². The molecule has 1 unspecified atom stereocenters. The fourth-order valence-corrected chi connectivity index (χ4v) is 4.15. The van der Waals surface area contributed by atoms with Gasteiger partial charge in [0.1, 0.15) is 0 Å². The van der Waals surface area contributed by atoms with Gasteiger partial charge in [-0.25, -0.2) is 0 Å². The van der Waals surface area contributed by atoms with Crippen LogP contribution in [0.4, 0.5) is 0 Å². The standard InChI is InChI=1S/C19H25NO2/c1-3-22-18(21)14-20-12-10-16-8-4-5-9-17(16)19(20)11-6-7-15(2)13-19/h4-5,8-9H,2-3,6-7,10-14H2,1H3. The van der Waals surface area contributed by atoms with Crippen LogP contribution in [0.1, 0.15) is 43.7 Å². The zero-order valence-corrected chi connectivity index (χ0v) is 13.4. The zero-order valence-electron chi connectivity index (χ0n) is 13.4. The first-order valence-corrected chi connectivity index (χ1v) is 8.31. The predicted molar refractivity (Wildman–Crippen MR) is 87.6 cm³/mol. The van der Waals surface area contributed by atoms with Crippen LogP contribution in [-0.2, 0) is 21.5 Å². The Kier molecular flexibility index (Phi) is 4.34. The van der Waals surface area contributed by atoms with Crippen LogP contribution >= 0.6 is 0 Å². The van der Waals surface area contributed by atoms with E-state index in [4.69, 9.17) is 4.74 Å². The van der Waals surface area contributed by atoms with Gasteiger partial charge in [0.2, 0.25) is 0 Å². The summed E-state index contributed by atoms with van der Waals surface area (Å²) in [4.78, 5) is 14.4. The van der Waals surface area contributed by atoms with E-state index in [9.17, 15) is 4.79 Å². The summed E-state index contributed by atoms with van der Waals surface area (Å²) < 4.78 is 5.19. The number of fused-ring (bicyclic) bond motifs is 2. The molecule has 1 fully saturated rings. The number of esters is 1. The van der Waals surface area contributed by atoms with E-state index in [0.717, 1.165) is 38.6 Å². The van der Waals surface area contributed by atoms with Crippen LogP contribution in [0.15, 0.2) is 36.4 Å². The fourth-order valence-electron chi connectivity index (χ4n) is 4.15. The molecule has 3 heteroatoms. The number of hydrogen-bond acceptors (Lipinski definition) is 3. The quantitative estimate of drug-likeness (QED) is 0.632. The van der Waals surface area contributed by atoms with Gasteiger partial charge in [-0.05, 0) is 50.2 Å². The number of nitrogens with zero attached hydrogens (tertiary/aromatic N) is 1. The lowest BCUT2D eigenvalue weighted by molar-refractivity contribution is -0.147. The number of rotatable bonds is 3. The van der Waals surface area contributed by atoms with E-state index in [0.29, 0.717) is 13.2 Å². The summed E-state index contributed by atoms with van der Waals surface area (Å²) in [6.07, 6.45) is 5.32. The molecule has 3 rings (SSSR count). The van der Waals surface area contributed by atoms with Crippen molar-refractivity contribution in [1.29, 1.82) is 0 Å². The highest BCUT2D eigenvalue weighted by Gasteiger charge is 2.44. The third-order valence-electron chi connectivity index (χ3n) is 5.06. The smallest absolute Gasteiger partial charge is 0.320 e. The highest BCUT2D eigenvalue weighted by molar-refractivity contribution is 5.72. The number of benzene rings is 1. The summed E-state index contributed by atoms with van der Waals surface area (Å²) in [6, 6.07) is 8.71. The molecule has 0 bridgehead atoms. The van der Waals surface area contributed by atoms with E-state index >= 15 is 0 Å². The summed E-state index contributed by atoms with van der Waals surface area (Å²) in [5.41, 5.74) is 4.07. The highest BCUT2D eigenvalue weighted by Crippen LogP contribution is 2.47. The first-order chi connectivity index (χ1) is 10.7. The lowest BCUT2D eigenvalue weighted by Gasteiger charge is -2.50. The van der Waals surface area contributed by atoms with Crippen molar-refractivity contribution in [2.75, 3.05) is 19.7 Å². The summed E-state index contributed by atoms with van der Waals surface area (Å²) in [5, 5.41) is 0. The topological polar surface area (TPSA) is 29.5 Å². The molecule has 2 aliphatic rings. The van der Waals surface area contributed by atoms with Gasteiger partial charge in [0.25, 0.3) is 0 Å². The molecule has 1 heterocycles. The Morgan fingerprint density at radius 3 is 2.95 bits per heavy atom. The normalized spacial score (nSPS) is 25.0. The van der Waals surface area contributed by atoms with Gasteiger partial charge in [-0.15, -0.1) is 0 Å². The Morgan fingerprint density at radius 1 is 1.36 bits per heavy atom. The number of hydrogen-bond donors (Lipinski definition) is 0. The maximum Gasteiger partial charge on any atom is 0.320 e. The third kappa shape index (κ3) is 2.70. The molecule has 1 aliphatic heterocycles. The Hall–Kier alpha value is -1.61. The number of ether oxygens (including phenoxy) is 1. The molecule has 22 heavy (non-hydrogen) atoms. The Bertz CT molecular complexity index is 581. The van der Waals surface area contributed by atoms with Crippen LogP contribution < -0.4 is 0 Å². The monoisotopic (exact) mass is 299 g/mol. The van der Waals surface area contributed by atoms with E-state index in [1.54, 1.807) is 0 Å². The van der Waals surface area contributed by atoms with Crippen LogP contribution in [0.5, 0.6) is 0 Å². The van der Waals surface area contributed by atoms with Crippen molar-refractivity contribution in [1.82, 2.24) is 4.90 Å². The molecule has 0 aromatic heterocycles. The Balaban J connectivity index is 1.96. The molecule has 1 saturated carbocycles. The van der Waals surface area contributed by atoms with E-state index in [1.807, 2.05) is 6.92 Å². The van der Waals surface area contributed by atoms with Crippen molar-refractivity contribution in [3.8, 4) is 0 Å². The minimum Gasteiger partial charge on any atom is -0.465 e. The molecule has 1 aliphatic carbocycles.